The molecule has 0 fully saturated rings. The molecule has 2 heterocycles. The Kier molecular flexibility index (Phi) is 7.41. The summed E-state index contributed by atoms with van der Waals surface area (Å²) in [4.78, 5) is 15.4. The quantitative estimate of drug-likeness (QED) is 0.556. The van der Waals surface area contributed by atoms with Crippen LogP contribution in [0.2, 0.25) is 0 Å². The van der Waals surface area contributed by atoms with Gasteiger partial charge in [-0.2, -0.15) is 0 Å². The molecule has 0 saturated carbocycles. The maximum atomic E-state index is 14.2. The fourth-order valence-electron chi connectivity index (χ4n) is 4.72. The van der Waals surface area contributed by atoms with E-state index in [1.54, 1.807) is 6.07 Å². The molecular formula is C27H34FN5O. The number of carbonyl (C=O) groups is 1. The summed E-state index contributed by atoms with van der Waals surface area (Å²) in [6.45, 7) is 11.1. The topological polar surface area (TPSA) is 63.1 Å². The summed E-state index contributed by atoms with van der Waals surface area (Å²) in [7, 11) is 0. The summed E-state index contributed by atoms with van der Waals surface area (Å²) in [6.07, 6.45) is 1.51. The first kappa shape index (κ1) is 24.1. The number of nitrogens with zero attached hydrogens (tertiary/aromatic N) is 4. The molecule has 2 aromatic carbocycles. The molecule has 6 nitrogen and oxygen atoms in total. The zero-order chi connectivity index (χ0) is 24.2. The maximum Gasteiger partial charge on any atom is 0.251 e. The summed E-state index contributed by atoms with van der Waals surface area (Å²) >= 11 is 0. The van der Waals surface area contributed by atoms with E-state index in [9.17, 15) is 9.18 Å². The van der Waals surface area contributed by atoms with Crippen molar-refractivity contribution < 1.29 is 9.18 Å². The van der Waals surface area contributed by atoms with Crippen molar-refractivity contribution in [2.45, 2.75) is 59.7 Å². The van der Waals surface area contributed by atoms with Crippen LogP contribution in [-0.4, -0.2) is 38.7 Å². The summed E-state index contributed by atoms with van der Waals surface area (Å²) < 4.78 is 16.3. The highest BCUT2D eigenvalue weighted by molar-refractivity contribution is 5.94. The zero-order valence-corrected chi connectivity index (χ0v) is 20.5. The Balaban J connectivity index is 1.52. The number of carbonyl (C=O) groups excluding carboxylic acids is 1. The first-order chi connectivity index (χ1) is 16.3. The lowest BCUT2D eigenvalue weighted by Gasteiger charge is -2.22. The number of aryl methyl sites for hydroxylation is 2. The highest BCUT2D eigenvalue weighted by Crippen LogP contribution is 2.24. The third-order valence-corrected chi connectivity index (χ3v) is 6.31. The highest BCUT2D eigenvalue weighted by atomic mass is 19.1. The number of halogens is 1. The van der Waals surface area contributed by atoms with Crippen LogP contribution in [0, 0.1) is 25.6 Å². The Hall–Kier alpha value is -3.06. The van der Waals surface area contributed by atoms with Crippen LogP contribution in [0.1, 0.15) is 65.0 Å². The molecule has 1 aliphatic rings. The van der Waals surface area contributed by atoms with Crippen LogP contribution in [0.15, 0.2) is 42.5 Å². The smallest absolute Gasteiger partial charge is 0.251 e. The highest BCUT2D eigenvalue weighted by Gasteiger charge is 2.26. The lowest BCUT2D eigenvalue weighted by Crippen LogP contribution is -2.32. The van der Waals surface area contributed by atoms with Gasteiger partial charge < -0.3 is 9.88 Å². The van der Waals surface area contributed by atoms with Gasteiger partial charge in [-0.1, -0.05) is 49.2 Å². The Labute approximate surface area is 201 Å². The number of hydrogen-bond acceptors (Lipinski definition) is 4. The molecule has 0 radical (unpaired) electrons. The molecule has 0 saturated heterocycles. The van der Waals surface area contributed by atoms with Gasteiger partial charge >= 0.3 is 0 Å². The largest absolute Gasteiger partial charge is 0.342 e. The van der Waals surface area contributed by atoms with Gasteiger partial charge in [-0.15, -0.1) is 10.2 Å². The molecule has 0 spiro atoms. The fraction of sp³-hybridized carbons (Fsp3) is 0.444. The third kappa shape index (κ3) is 5.70. The van der Waals surface area contributed by atoms with E-state index in [0.29, 0.717) is 30.1 Å². The van der Waals surface area contributed by atoms with E-state index in [1.807, 2.05) is 38.1 Å². The van der Waals surface area contributed by atoms with E-state index < -0.39 is 0 Å². The van der Waals surface area contributed by atoms with Crippen molar-refractivity contribution in [1.82, 2.24) is 25.0 Å². The number of hydrogen-bond donors (Lipinski definition) is 1. The molecule has 3 aromatic rings. The van der Waals surface area contributed by atoms with Crippen LogP contribution in [-0.2, 0) is 19.5 Å². The standard InChI is InChI=1S/C27H34FN5O/c1-18(2)13-24(29-27(34)22-15-19(3)14-20(4)16-22)26-31-30-25-9-10-32(11-12-33(25)26)17-21-7-5-6-8-23(21)28/h5-8,14-16,18,24H,9-13,17H2,1-4H3,(H,29,34)/t24-/m1/s1. The molecule has 180 valence electrons. The van der Waals surface area contributed by atoms with Gasteiger partial charge in [0.1, 0.15) is 11.6 Å². The third-order valence-electron chi connectivity index (χ3n) is 6.31. The minimum absolute atomic E-state index is 0.0930. The van der Waals surface area contributed by atoms with Crippen LogP contribution in [0.4, 0.5) is 4.39 Å². The van der Waals surface area contributed by atoms with Crippen LogP contribution in [0.5, 0.6) is 0 Å². The van der Waals surface area contributed by atoms with E-state index in [1.165, 1.54) is 6.07 Å². The van der Waals surface area contributed by atoms with Gasteiger partial charge in [-0.25, -0.2) is 4.39 Å². The molecule has 4 rings (SSSR count). The van der Waals surface area contributed by atoms with Crippen molar-refractivity contribution in [2.75, 3.05) is 13.1 Å². The minimum atomic E-state index is -0.229. The lowest BCUT2D eigenvalue weighted by atomic mass is 10.0. The molecule has 1 aromatic heterocycles. The van der Waals surface area contributed by atoms with E-state index in [4.69, 9.17) is 0 Å². The number of fused-ring (bicyclic) bond motifs is 1. The summed E-state index contributed by atoms with van der Waals surface area (Å²) in [5, 5.41) is 12.2. The second-order valence-corrected chi connectivity index (χ2v) is 9.78. The number of nitrogens with one attached hydrogen (secondary N) is 1. The second-order valence-electron chi connectivity index (χ2n) is 9.78. The lowest BCUT2D eigenvalue weighted by molar-refractivity contribution is 0.0928. The van der Waals surface area contributed by atoms with Crippen molar-refractivity contribution in [3.63, 3.8) is 0 Å². The van der Waals surface area contributed by atoms with Gasteiger partial charge in [0, 0.05) is 43.7 Å². The SMILES string of the molecule is Cc1cc(C)cc(C(=O)N[C@H](CC(C)C)c2nnc3n2CCN(Cc2ccccc2F)CC3)c1. The number of aromatic nitrogens is 3. The molecule has 0 aliphatic carbocycles. The molecule has 1 amide bonds. The first-order valence-electron chi connectivity index (χ1n) is 12.1. The van der Waals surface area contributed by atoms with Gasteiger partial charge in [0.2, 0.25) is 0 Å². The second kappa shape index (κ2) is 10.5. The van der Waals surface area contributed by atoms with Crippen molar-refractivity contribution in [2.24, 2.45) is 5.92 Å². The Morgan fingerprint density at radius 3 is 2.50 bits per heavy atom. The average molecular weight is 464 g/mol. The van der Waals surface area contributed by atoms with Crippen LogP contribution in [0.25, 0.3) is 0 Å². The van der Waals surface area contributed by atoms with Crippen molar-refractivity contribution >= 4 is 5.91 Å². The number of benzene rings is 2. The monoisotopic (exact) mass is 463 g/mol. The summed E-state index contributed by atoms with van der Waals surface area (Å²) in [5.41, 5.74) is 3.51. The molecule has 0 bridgehead atoms. The Bertz CT molecular complexity index is 1140. The molecular weight excluding hydrogens is 429 g/mol. The van der Waals surface area contributed by atoms with E-state index in [2.05, 4.69) is 44.9 Å². The van der Waals surface area contributed by atoms with Crippen molar-refractivity contribution in [3.05, 3.63) is 82.2 Å². The normalized spacial score (nSPS) is 15.1. The first-order valence-corrected chi connectivity index (χ1v) is 12.1. The molecule has 34 heavy (non-hydrogen) atoms. The van der Waals surface area contributed by atoms with Gasteiger partial charge in [0.05, 0.1) is 6.04 Å². The van der Waals surface area contributed by atoms with Gasteiger partial charge in [-0.05, 0) is 44.4 Å². The van der Waals surface area contributed by atoms with Gasteiger partial charge in [-0.3, -0.25) is 9.69 Å². The van der Waals surface area contributed by atoms with Gasteiger partial charge in [0.15, 0.2) is 5.82 Å². The van der Waals surface area contributed by atoms with E-state index >= 15 is 0 Å². The summed E-state index contributed by atoms with van der Waals surface area (Å²) in [6, 6.07) is 12.6. The van der Waals surface area contributed by atoms with Crippen LogP contribution in [0.3, 0.4) is 0 Å². The van der Waals surface area contributed by atoms with Crippen LogP contribution >= 0.6 is 0 Å². The molecule has 0 unspecified atom stereocenters. The zero-order valence-electron chi connectivity index (χ0n) is 20.5. The number of amides is 1. The van der Waals surface area contributed by atoms with E-state index in [0.717, 1.165) is 48.7 Å². The van der Waals surface area contributed by atoms with E-state index in [-0.39, 0.29) is 17.8 Å². The maximum absolute atomic E-state index is 14.2. The van der Waals surface area contributed by atoms with Crippen molar-refractivity contribution in [3.8, 4) is 0 Å². The predicted molar refractivity (Wildman–Crippen MR) is 131 cm³/mol. The predicted octanol–water partition coefficient (Wildman–Crippen LogP) is 4.61. The molecule has 1 aliphatic heterocycles. The summed E-state index contributed by atoms with van der Waals surface area (Å²) in [5.74, 6) is 1.83. The molecule has 1 atom stereocenters. The Morgan fingerprint density at radius 1 is 1.06 bits per heavy atom. The number of rotatable bonds is 7. The molecule has 7 heteroatoms. The Morgan fingerprint density at radius 2 is 1.79 bits per heavy atom. The minimum Gasteiger partial charge on any atom is -0.342 e. The fourth-order valence-corrected chi connectivity index (χ4v) is 4.72. The van der Waals surface area contributed by atoms with Crippen LogP contribution < -0.4 is 5.32 Å². The van der Waals surface area contributed by atoms with Gasteiger partial charge in [0.25, 0.3) is 5.91 Å². The molecule has 1 N–H and O–H groups in total. The average Bonchev–Trinajstić information content (AvgIpc) is 3.08. The van der Waals surface area contributed by atoms with Crippen molar-refractivity contribution in [1.29, 1.82) is 0 Å².